The first-order valence-corrected chi connectivity index (χ1v) is 11.3. The number of likely N-dealkylation sites (tertiary alicyclic amines) is 1. The Balaban J connectivity index is 1.33. The highest BCUT2D eigenvalue weighted by atomic mass is 16.5. The fourth-order valence-corrected chi connectivity index (χ4v) is 5.02. The second kappa shape index (κ2) is 9.43. The molecule has 1 spiro atoms. The highest BCUT2D eigenvalue weighted by Gasteiger charge is 2.36. The topological polar surface area (TPSA) is 69.5 Å². The molecule has 1 amide bonds. The number of aromatic nitrogens is 3. The predicted octanol–water partition coefficient (Wildman–Crippen LogP) is 3.38. The average Bonchev–Trinajstić information content (AvgIpc) is 3.13. The van der Waals surface area contributed by atoms with E-state index < -0.39 is 0 Å². The van der Waals surface area contributed by atoms with Crippen LogP contribution in [0.2, 0.25) is 0 Å². The van der Waals surface area contributed by atoms with Crippen LogP contribution in [0.25, 0.3) is 11.2 Å². The molecule has 4 heterocycles. The summed E-state index contributed by atoms with van der Waals surface area (Å²) in [6, 6.07) is 4.06. The van der Waals surface area contributed by atoms with Crippen molar-refractivity contribution in [1.82, 2.24) is 19.4 Å². The van der Waals surface area contributed by atoms with Gasteiger partial charge in [-0.3, -0.25) is 4.79 Å². The molecule has 7 heteroatoms. The molecule has 2 aromatic rings. The first-order chi connectivity index (χ1) is 14.6. The van der Waals surface area contributed by atoms with Crippen molar-refractivity contribution in [2.24, 2.45) is 5.41 Å². The Kier molecular flexibility index (Phi) is 6.68. The molecule has 164 valence electrons. The molecular formula is C23H34N4O3. The number of piperidine rings is 1. The summed E-state index contributed by atoms with van der Waals surface area (Å²) in [5.41, 5.74) is 2.21. The molecule has 0 saturated carbocycles. The smallest absolute Gasteiger partial charge is 0.222 e. The number of rotatable bonds is 7. The lowest BCUT2D eigenvalue weighted by Gasteiger charge is -2.44. The Hall–Kier alpha value is -1.99. The van der Waals surface area contributed by atoms with E-state index in [1.54, 1.807) is 13.3 Å². The monoisotopic (exact) mass is 414 g/mol. The van der Waals surface area contributed by atoms with E-state index in [1.165, 1.54) is 0 Å². The summed E-state index contributed by atoms with van der Waals surface area (Å²) in [4.78, 5) is 24.2. The second-order valence-corrected chi connectivity index (χ2v) is 8.90. The fourth-order valence-electron chi connectivity index (χ4n) is 5.02. The van der Waals surface area contributed by atoms with E-state index >= 15 is 0 Å². The molecule has 0 aliphatic carbocycles. The highest BCUT2D eigenvalue weighted by molar-refractivity contribution is 5.76. The molecule has 0 bridgehead atoms. The number of hydrogen-bond donors (Lipinski definition) is 0. The van der Waals surface area contributed by atoms with Crippen LogP contribution in [0.1, 0.15) is 57.3 Å². The van der Waals surface area contributed by atoms with E-state index in [4.69, 9.17) is 14.5 Å². The highest BCUT2D eigenvalue weighted by Crippen LogP contribution is 2.40. The van der Waals surface area contributed by atoms with Gasteiger partial charge in [-0.1, -0.05) is 0 Å². The van der Waals surface area contributed by atoms with Crippen LogP contribution in [0.5, 0.6) is 0 Å². The summed E-state index contributed by atoms with van der Waals surface area (Å²) >= 11 is 0. The van der Waals surface area contributed by atoms with E-state index in [9.17, 15) is 4.79 Å². The summed E-state index contributed by atoms with van der Waals surface area (Å²) in [6.07, 6.45) is 8.50. The van der Waals surface area contributed by atoms with E-state index in [-0.39, 0.29) is 11.9 Å². The number of aryl methyl sites for hydroxylation is 1. The molecule has 2 aromatic heterocycles. The molecule has 1 unspecified atom stereocenters. The zero-order valence-electron chi connectivity index (χ0n) is 18.3. The van der Waals surface area contributed by atoms with Gasteiger partial charge in [0.05, 0.1) is 12.6 Å². The number of ether oxygens (including phenoxy) is 2. The molecule has 2 aliphatic rings. The number of pyridine rings is 1. The Morgan fingerprint density at radius 1 is 1.27 bits per heavy atom. The number of methoxy groups -OCH3 is 1. The molecule has 2 saturated heterocycles. The van der Waals surface area contributed by atoms with E-state index in [1.807, 2.05) is 12.1 Å². The Bertz CT molecular complexity index is 849. The summed E-state index contributed by atoms with van der Waals surface area (Å²) in [5, 5.41) is 0. The first kappa shape index (κ1) is 21.2. The number of imidazole rings is 1. The summed E-state index contributed by atoms with van der Waals surface area (Å²) in [6.45, 7) is 6.28. The van der Waals surface area contributed by atoms with Gasteiger partial charge < -0.3 is 18.9 Å². The summed E-state index contributed by atoms with van der Waals surface area (Å²) < 4.78 is 13.1. The zero-order valence-corrected chi connectivity index (χ0v) is 18.3. The largest absolute Gasteiger partial charge is 0.383 e. The summed E-state index contributed by atoms with van der Waals surface area (Å²) in [7, 11) is 1.71. The standard InChI is InChI=1S/C23H34N4O3/c1-18(17-29-2)27-20(25-19-5-4-12-24-22(19)27)6-3-7-21(28)26-13-8-23(9-14-26)10-15-30-16-11-23/h4-5,12,18H,3,6-11,13-17H2,1-2H3. The number of fused-ring (bicyclic) bond motifs is 1. The molecule has 0 aromatic carbocycles. The van der Waals surface area contributed by atoms with Gasteiger partial charge in [0.25, 0.3) is 0 Å². The quantitative estimate of drug-likeness (QED) is 0.695. The van der Waals surface area contributed by atoms with Crippen molar-refractivity contribution >= 4 is 17.1 Å². The van der Waals surface area contributed by atoms with E-state index in [2.05, 4.69) is 21.4 Å². The molecule has 1 atom stereocenters. The lowest BCUT2D eigenvalue weighted by molar-refractivity contribution is -0.134. The van der Waals surface area contributed by atoms with Crippen molar-refractivity contribution in [3.63, 3.8) is 0 Å². The molecular weight excluding hydrogens is 380 g/mol. The van der Waals surface area contributed by atoms with Crippen LogP contribution in [0.3, 0.4) is 0 Å². The number of amides is 1. The van der Waals surface area contributed by atoms with Gasteiger partial charge in [0.1, 0.15) is 11.3 Å². The molecule has 2 fully saturated rings. The van der Waals surface area contributed by atoms with Crippen LogP contribution in [0.4, 0.5) is 0 Å². The lowest BCUT2D eigenvalue weighted by atomic mass is 9.72. The third kappa shape index (κ3) is 4.52. The maximum Gasteiger partial charge on any atom is 0.222 e. The van der Waals surface area contributed by atoms with Gasteiger partial charge in [0, 0.05) is 52.5 Å². The number of nitrogens with zero attached hydrogens (tertiary/aromatic N) is 4. The molecule has 7 nitrogen and oxygen atoms in total. The zero-order chi connectivity index (χ0) is 21.0. The number of hydrogen-bond acceptors (Lipinski definition) is 5. The van der Waals surface area contributed by atoms with E-state index in [0.29, 0.717) is 18.4 Å². The molecule has 30 heavy (non-hydrogen) atoms. The van der Waals surface area contributed by atoms with Gasteiger partial charge in [0.15, 0.2) is 5.65 Å². The van der Waals surface area contributed by atoms with Crippen molar-refractivity contribution in [2.45, 2.75) is 57.9 Å². The molecule has 0 radical (unpaired) electrons. The van der Waals surface area contributed by atoms with Gasteiger partial charge in [-0.15, -0.1) is 0 Å². The number of carbonyl (C=O) groups is 1. The number of carbonyl (C=O) groups excluding carboxylic acids is 1. The first-order valence-electron chi connectivity index (χ1n) is 11.3. The van der Waals surface area contributed by atoms with Gasteiger partial charge in [-0.25, -0.2) is 9.97 Å². The second-order valence-electron chi connectivity index (χ2n) is 8.90. The van der Waals surface area contributed by atoms with Crippen molar-refractivity contribution in [3.05, 3.63) is 24.2 Å². The van der Waals surface area contributed by atoms with Gasteiger partial charge in [-0.2, -0.15) is 0 Å². The van der Waals surface area contributed by atoms with Crippen LogP contribution in [-0.4, -0.2) is 65.4 Å². The maximum absolute atomic E-state index is 12.8. The minimum absolute atomic E-state index is 0.151. The SMILES string of the molecule is COCC(C)n1c(CCCC(=O)N2CCC3(CCOCC3)CC2)nc2cccnc21. The van der Waals surface area contributed by atoms with Crippen LogP contribution in [-0.2, 0) is 20.7 Å². The average molecular weight is 415 g/mol. The minimum atomic E-state index is 0.151. The van der Waals surface area contributed by atoms with Crippen molar-refractivity contribution in [2.75, 3.05) is 40.0 Å². The van der Waals surface area contributed by atoms with Crippen LogP contribution < -0.4 is 0 Å². The fraction of sp³-hybridized carbons (Fsp3) is 0.696. The van der Waals surface area contributed by atoms with E-state index in [0.717, 1.165) is 81.8 Å². The minimum Gasteiger partial charge on any atom is -0.383 e. The van der Waals surface area contributed by atoms with Crippen molar-refractivity contribution in [1.29, 1.82) is 0 Å². The van der Waals surface area contributed by atoms with Crippen molar-refractivity contribution in [3.8, 4) is 0 Å². The predicted molar refractivity (Wildman–Crippen MR) is 115 cm³/mol. The van der Waals surface area contributed by atoms with Crippen molar-refractivity contribution < 1.29 is 14.3 Å². The summed E-state index contributed by atoms with van der Waals surface area (Å²) in [5.74, 6) is 1.27. The van der Waals surface area contributed by atoms with Gasteiger partial charge in [0.2, 0.25) is 5.91 Å². The maximum atomic E-state index is 12.8. The Morgan fingerprint density at radius 3 is 2.77 bits per heavy atom. The Morgan fingerprint density at radius 2 is 2.03 bits per heavy atom. The lowest BCUT2D eigenvalue weighted by Crippen LogP contribution is -2.45. The molecule has 4 rings (SSSR count). The Labute approximate surface area is 178 Å². The third-order valence-corrected chi connectivity index (χ3v) is 6.89. The van der Waals surface area contributed by atoms with Crippen LogP contribution in [0.15, 0.2) is 18.3 Å². The van der Waals surface area contributed by atoms with Crippen LogP contribution in [0, 0.1) is 5.41 Å². The van der Waals surface area contributed by atoms with Gasteiger partial charge >= 0.3 is 0 Å². The van der Waals surface area contributed by atoms with Crippen LogP contribution >= 0.6 is 0 Å². The molecule has 2 aliphatic heterocycles. The normalized spacial score (nSPS) is 20.0. The third-order valence-electron chi connectivity index (χ3n) is 6.89. The molecule has 0 N–H and O–H groups in total. The van der Waals surface area contributed by atoms with Gasteiger partial charge in [-0.05, 0) is 56.6 Å².